The number of ether oxygens (including phenoxy) is 1. The van der Waals surface area contributed by atoms with Crippen molar-refractivity contribution in [2.75, 3.05) is 39.4 Å². The van der Waals surface area contributed by atoms with Gasteiger partial charge in [0.15, 0.2) is 0 Å². The van der Waals surface area contributed by atoms with E-state index in [9.17, 15) is 0 Å². The minimum Gasteiger partial charge on any atom is -0.379 e. The molecule has 1 heterocycles. The maximum Gasteiger partial charge on any atom is 0.0594 e. The summed E-state index contributed by atoms with van der Waals surface area (Å²) in [4.78, 5) is 2.47. The highest BCUT2D eigenvalue weighted by atomic mass is 16.5. The minimum atomic E-state index is 0.547. The summed E-state index contributed by atoms with van der Waals surface area (Å²) in [7, 11) is 0. The monoisotopic (exact) mass is 248 g/mol. The molecule has 2 rings (SSSR count). The van der Waals surface area contributed by atoms with Gasteiger partial charge >= 0.3 is 0 Å². The van der Waals surface area contributed by atoms with Crippen LogP contribution in [0.1, 0.15) is 11.1 Å². The van der Waals surface area contributed by atoms with Gasteiger partial charge in [0, 0.05) is 19.6 Å². The van der Waals surface area contributed by atoms with Crippen LogP contribution in [0, 0.1) is 12.8 Å². The summed E-state index contributed by atoms with van der Waals surface area (Å²) in [6.45, 7) is 7.79. The molecule has 1 aliphatic heterocycles. The van der Waals surface area contributed by atoms with Crippen LogP contribution >= 0.6 is 0 Å². The highest BCUT2D eigenvalue weighted by molar-refractivity contribution is 5.21. The molecule has 0 aliphatic carbocycles. The fraction of sp³-hybridized carbons (Fsp3) is 0.600. The molecule has 0 bridgehead atoms. The zero-order valence-electron chi connectivity index (χ0n) is 11.3. The molecular formula is C15H24N2O. The van der Waals surface area contributed by atoms with Crippen LogP contribution in [-0.4, -0.2) is 44.3 Å². The molecule has 100 valence electrons. The lowest BCUT2D eigenvalue weighted by molar-refractivity contribution is 0.0312. The molecule has 1 saturated heterocycles. The van der Waals surface area contributed by atoms with Gasteiger partial charge in [0.1, 0.15) is 0 Å². The Morgan fingerprint density at radius 3 is 2.50 bits per heavy atom. The fourth-order valence-electron chi connectivity index (χ4n) is 2.43. The van der Waals surface area contributed by atoms with E-state index in [1.807, 2.05) is 0 Å². The number of benzene rings is 1. The Labute approximate surface area is 110 Å². The summed E-state index contributed by atoms with van der Waals surface area (Å²) in [6.07, 6.45) is 1.08. The predicted molar refractivity (Wildman–Crippen MR) is 74.7 cm³/mol. The third kappa shape index (κ3) is 4.09. The van der Waals surface area contributed by atoms with Gasteiger partial charge in [0.2, 0.25) is 0 Å². The largest absolute Gasteiger partial charge is 0.379 e. The van der Waals surface area contributed by atoms with Crippen LogP contribution in [0.25, 0.3) is 0 Å². The van der Waals surface area contributed by atoms with Gasteiger partial charge in [-0.15, -0.1) is 0 Å². The zero-order chi connectivity index (χ0) is 12.8. The first kappa shape index (κ1) is 13.5. The van der Waals surface area contributed by atoms with E-state index < -0.39 is 0 Å². The summed E-state index contributed by atoms with van der Waals surface area (Å²) < 4.78 is 5.37. The Morgan fingerprint density at radius 1 is 1.22 bits per heavy atom. The number of aryl methyl sites for hydroxylation is 1. The first-order valence-electron chi connectivity index (χ1n) is 6.83. The second-order valence-electron chi connectivity index (χ2n) is 5.20. The molecule has 0 spiro atoms. The minimum absolute atomic E-state index is 0.547. The van der Waals surface area contributed by atoms with Crippen molar-refractivity contribution in [1.29, 1.82) is 0 Å². The highest BCUT2D eigenvalue weighted by Crippen LogP contribution is 2.12. The van der Waals surface area contributed by atoms with Crippen LogP contribution in [0.3, 0.4) is 0 Å². The topological polar surface area (TPSA) is 38.5 Å². The standard InChI is InChI=1S/C15H24N2O/c1-13-2-4-14(5-3-13)10-15(11-16)12-17-6-8-18-9-7-17/h2-5,15H,6-12,16H2,1H3. The summed E-state index contributed by atoms with van der Waals surface area (Å²) in [6, 6.07) is 8.80. The molecule has 1 aromatic rings. The van der Waals surface area contributed by atoms with Crippen molar-refractivity contribution in [3.05, 3.63) is 35.4 Å². The smallest absolute Gasteiger partial charge is 0.0594 e. The molecule has 2 N–H and O–H groups in total. The van der Waals surface area contributed by atoms with E-state index in [-0.39, 0.29) is 0 Å². The van der Waals surface area contributed by atoms with Crippen molar-refractivity contribution in [1.82, 2.24) is 4.90 Å². The average molecular weight is 248 g/mol. The number of morpholine rings is 1. The van der Waals surface area contributed by atoms with E-state index in [2.05, 4.69) is 36.1 Å². The van der Waals surface area contributed by atoms with E-state index in [1.165, 1.54) is 11.1 Å². The van der Waals surface area contributed by atoms with Crippen molar-refractivity contribution >= 4 is 0 Å². The van der Waals surface area contributed by atoms with Crippen molar-refractivity contribution in [2.45, 2.75) is 13.3 Å². The van der Waals surface area contributed by atoms with Crippen molar-refractivity contribution in [2.24, 2.45) is 11.7 Å². The number of rotatable bonds is 5. The Hall–Kier alpha value is -0.900. The van der Waals surface area contributed by atoms with Crippen molar-refractivity contribution in [3.63, 3.8) is 0 Å². The van der Waals surface area contributed by atoms with Crippen molar-refractivity contribution in [3.8, 4) is 0 Å². The molecule has 1 unspecified atom stereocenters. The Balaban J connectivity index is 1.86. The van der Waals surface area contributed by atoms with E-state index in [0.717, 1.165) is 45.8 Å². The van der Waals surface area contributed by atoms with E-state index >= 15 is 0 Å². The van der Waals surface area contributed by atoms with Crippen molar-refractivity contribution < 1.29 is 4.74 Å². The van der Waals surface area contributed by atoms with Crippen LogP contribution in [-0.2, 0) is 11.2 Å². The van der Waals surface area contributed by atoms with Gasteiger partial charge in [-0.3, -0.25) is 4.90 Å². The Bertz CT molecular complexity index is 344. The van der Waals surface area contributed by atoms with Gasteiger partial charge in [-0.25, -0.2) is 0 Å². The van der Waals surface area contributed by atoms with Gasteiger partial charge in [-0.2, -0.15) is 0 Å². The maximum atomic E-state index is 5.91. The molecule has 0 saturated carbocycles. The van der Waals surface area contributed by atoms with Gasteiger partial charge in [-0.1, -0.05) is 29.8 Å². The Morgan fingerprint density at radius 2 is 1.89 bits per heavy atom. The van der Waals surface area contributed by atoms with E-state index in [1.54, 1.807) is 0 Å². The first-order valence-corrected chi connectivity index (χ1v) is 6.83. The lowest BCUT2D eigenvalue weighted by Crippen LogP contribution is -2.41. The quantitative estimate of drug-likeness (QED) is 0.857. The van der Waals surface area contributed by atoms with Crippen LogP contribution < -0.4 is 5.73 Å². The molecule has 3 heteroatoms. The summed E-state index contributed by atoms with van der Waals surface area (Å²) >= 11 is 0. The third-order valence-corrected chi connectivity index (χ3v) is 3.60. The van der Waals surface area contributed by atoms with Crippen LogP contribution in [0.2, 0.25) is 0 Å². The van der Waals surface area contributed by atoms with E-state index in [4.69, 9.17) is 10.5 Å². The molecule has 0 amide bonds. The summed E-state index contributed by atoms with van der Waals surface area (Å²) in [5.41, 5.74) is 8.62. The maximum absolute atomic E-state index is 5.91. The second-order valence-corrected chi connectivity index (χ2v) is 5.20. The summed E-state index contributed by atoms with van der Waals surface area (Å²) in [5, 5.41) is 0. The second kappa shape index (κ2) is 6.88. The zero-order valence-corrected chi connectivity index (χ0v) is 11.3. The molecule has 18 heavy (non-hydrogen) atoms. The fourth-order valence-corrected chi connectivity index (χ4v) is 2.43. The molecular weight excluding hydrogens is 224 g/mol. The molecule has 3 nitrogen and oxygen atoms in total. The number of nitrogens with two attached hydrogens (primary N) is 1. The van der Waals surface area contributed by atoms with E-state index in [0.29, 0.717) is 5.92 Å². The predicted octanol–water partition coefficient (Wildman–Crippen LogP) is 1.44. The van der Waals surface area contributed by atoms with Crippen LogP contribution in [0.15, 0.2) is 24.3 Å². The van der Waals surface area contributed by atoms with Crippen LogP contribution in [0.4, 0.5) is 0 Å². The van der Waals surface area contributed by atoms with Gasteiger partial charge in [-0.05, 0) is 31.4 Å². The molecule has 1 aromatic carbocycles. The first-order chi connectivity index (χ1) is 8.78. The van der Waals surface area contributed by atoms with Gasteiger partial charge in [0.05, 0.1) is 13.2 Å². The SMILES string of the molecule is Cc1ccc(CC(CN)CN2CCOCC2)cc1. The average Bonchev–Trinajstić information content (AvgIpc) is 2.41. The van der Waals surface area contributed by atoms with Gasteiger partial charge in [0.25, 0.3) is 0 Å². The molecule has 1 fully saturated rings. The van der Waals surface area contributed by atoms with Gasteiger partial charge < -0.3 is 10.5 Å². The normalized spacial score (nSPS) is 18.8. The lowest BCUT2D eigenvalue weighted by atomic mass is 9.98. The third-order valence-electron chi connectivity index (χ3n) is 3.60. The number of hydrogen-bond donors (Lipinski definition) is 1. The molecule has 1 aliphatic rings. The Kier molecular flexibility index (Phi) is 5.17. The number of hydrogen-bond acceptors (Lipinski definition) is 3. The lowest BCUT2D eigenvalue weighted by Gasteiger charge is -2.30. The molecule has 0 aromatic heterocycles. The van der Waals surface area contributed by atoms with Crippen LogP contribution in [0.5, 0.6) is 0 Å². The molecule has 1 atom stereocenters. The highest BCUT2D eigenvalue weighted by Gasteiger charge is 2.16. The molecule has 0 radical (unpaired) electrons. The number of nitrogens with zero attached hydrogens (tertiary/aromatic N) is 1. The summed E-state index contributed by atoms with van der Waals surface area (Å²) in [5.74, 6) is 0.547.